The number of anilines is 3. The van der Waals surface area contributed by atoms with Gasteiger partial charge >= 0.3 is 29.6 Å². The Labute approximate surface area is 189 Å². The number of hydrogen-bond donors (Lipinski definition) is 2. The second-order valence-corrected chi connectivity index (χ2v) is 5.43. The first-order valence-corrected chi connectivity index (χ1v) is 8.95. The van der Waals surface area contributed by atoms with E-state index in [1.165, 1.54) is 0 Å². The van der Waals surface area contributed by atoms with Gasteiger partial charge in [0.15, 0.2) is 0 Å². The molecule has 0 atom stereocenters. The Morgan fingerprint density at radius 3 is 2.22 bits per heavy atom. The van der Waals surface area contributed by atoms with Crippen molar-refractivity contribution in [3.63, 3.8) is 0 Å². The third-order valence-electron chi connectivity index (χ3n) is 3.68. The first-order valence-electron chi connectivity index (χ1n) is 8.95. The van der Waals surface area contributed by atoms with E-state index in [0.29, 0.717) is 6.54 Å². The molecular formula is C23H34N3Na-2. The fraction of sp³-hybridized carbons (Fsp3) is 0.261. The van der Waals surface area contributed by atoms with Crippen LogP contribution in [0.25, 0.3) is 5.70 Å². The van der Waals surface area contributed by atoms with Crippen LogP contribution in [0.2, 0.25) is 0 Å². The van der Waals surface area contributed by atoms with Crippen molar-refractivity contribution in [3.8, 4) is 0 Å². The predicted octanol–water partition coefficient (Wildman–Crippen LogP) is 3.43. The molecule has 0 saturated heterocycles. The molecule has 0 unspecified atom stereocenters. The van der Waals surface area contributed by atoms with E-state index >= 15 is 0 Å². The number of nitrogen functional groups attached to an aromatic ring is 1. The minimum absolute atomic E-state index is 0. The maximum absolute atomic E-state index is 6.05. The Balaban J connectivity index is 0. The Hall–Kier alpha value is -1.42. The van der Waals surface area contributed by atoms with Crippen LogP contribution in [0.1, 0.15) is 39.2 Å². The molecule has 0 aliphatic heterocycles. The van der Waals surface area contributed by atoms with Crippen LogP contribution in [0.4, 0.5) is 17.1 Å². The van der Waals surface area contributed by atoms with Crippen LogP contribution < -0.4 is 45.5 Å². The Bertz CT molecular complexity index is 651. The molecule has 2 aromatic carbocycles. The molecule has 0 fully saturated rings. The number of nitrogens with two attached hydrogens (primary N) is 1. The van der Waals surface area contributed by atoms with Crippen molar-refractivity contribution < 1.29 is 29.6 Å². The Morgan fingerprint density at radius 1 is 1.11 bits per heavy atom. The smallest absolute Gasteiger partial charge is 0.550 e. The largest absolute Gasteiger partial charge is 1.00 e. The molecule has 0 bridgehead atoms. The van der Waals surface area contributed by atoms with Crippen molar-refractivity contribution in [1.29, 1.82) is 0 Å². The number of rotatable bonds is 7. The van der Waals surface area contributed by atoms with E-state index in [9.17, 15) is 0 Å². The van der Waals surface area contributed by atoms with E-state index in [0.717, 1.165) is 41.2 Å². The zero-order valence-electron chi connectivity index (χ0n) is 17.8. The van der Waals surface area contributed by atoms with Gasteiger partial charge in [-0.15, -0.1) is 6.54 Å². The maximum Gasteiger partial charge on any atom is 1.00 e. The average molecular weight is 376 g/mol. The molecule has 4 heteroatoms. The maximum atomic E-state index is 6.05. The van der Waals surface area contributed by atoms with Crippen molar-refractivity contribution in [2.75, 3.05) is 22.5 Å². The van der Waals surface area contributed by atoms with Gasteiger partial charge in [0.1, 0.15) is 0 Å². The molecular weight excluding hydrogens is 341 g/mol. The van der Waals surface area contributed by atoms with Gasteiger partial charge in [-0.25, -0.2) is 0 Å². The summed E-state index contributed by atoms with van der Waals surface area (Å²) in [6.07, 6.45) is 4.32. The molecule has 27 heavy (non-hydrogen) atoms. The Kier molecular flexibility index (Phi) is 16.1. The van der Waals surface area contributed by atoms with Crippen LogP contribution in [0.3, 0.4) is 0 Å². The van der Waals surface area contributed by atoms with Gasteiger partial charge in [0.05, 0.1) is 11.4 Å². The quantitative estimate of drug-likeness (QED) is 0.443. The van der Waals surface area contributed by atoms with Gasteiger partial charge in [-0.05, 0) is 36.2 Å². The molecule has 0 radical (unpaired) electrons. The summed E-state index contributed by atoms with van der Waals surface area (Å²) in [5.74, 6) is 0. The second kappa shape index (κ2) is 15.6. The molecule has 0 heterocycles. The summed E-state index contributed by atoms with van der Waals surface area (Å²) in [6.45, 7) is 10.7. The molecule has 0 saturated carbocycles. The monoisotopic (exact) mass is 375 g/mol. The molecule has 144 valence electrons. The van der Waals surface area contributed by atoms with E-state index in [1.807, 2.05) is 43.0 Å². The number of benzene rings is 2. The van der Waals surface area contributed by atoms with Gasteiger partial charge in [-0.1, -0.05) is 57.5 Å². The van der Waals surface area contributed by atoms with Gasteiger partial charge in [0, 0.05) is 11.4 Å². The number of unbranched alkanes of at least 4 members (excludes halogenated alkanes) is 1. The van der Waals surface area contributed by atoms with Crippen molar-refractivity contribution in [3.05, 3.63) is 81.6 Å². The minimum atomic E-state index is 0. The summed E-state index contributed by atoms with van der Waals surface area (Å²) < 4.78 is 0. The van der Waals surface area contributed by atoms with Crippen LogP contribution in [0, 0.1) is 21.4 Å². The number of nitrogens with zero attached hydrogens (tertiary/aromatic N) is 1. The van der Waals surface area contributed by atoms with Gasteiger partial charge in [0.25, 0.3) is 0 Å². The van der Waals surface area contributed by atoms with Gasteiger partial charge in [-0.3, -0.25) is 7.05 Å². The van der Waals surface area contributed by atoms with Gasteiger partial charge < -0.3 is 30.3 Å². The third kappa shape index (κ3) is 8.87. The molecule has 0 aliphatic carbocycles. The molecule has 3 nitrogen and oxygen atoms in total. The van der Waals surface area contributed by atoms with Crippen LogP contribution in [-0.2, 0) is 0 Å². The van der Waals surface area contributed by atoms with Crippen LogP contribution in [-0.4, -0.2) is 6.54 Å². The summed E-state index contributed by atoms with van der Waals surface area (Å²) in [5, 5.41) is 3.46. The van der Waals surface area contributed by atoms with Crippen molar-refractivity contribution >= 4 is 22.8 Å². The number of hydrogen-bond acceptors (Lipinski definition) is 3. The van der Waals surface area contributed by atoms with Crippen LogP contribution in [0.15, 0.2) is 54.6 Å². The number of allylic oxidation sites excluding steroid dienone is 1. The summed E-state index contributed by atoms with van der Waals surface area (Å²) in [7, 11) is 3.95. The molecule has 3 N–H and O–H groups in total. The topological polar surface area (TPSA) is 41.3 Å². The minimum Gasteiger partial charge on any atom is -0.550 e. The van der Waals surface area contributed by atoms with Crippen LogP contribution in [0.5, 0.6) is 0 Å². The third-order valence-corrected chi connectivity index (χ3v) is 3.68. The average Bonchev–Trinajstić information content (AvgIpc) is 2.67. The zero-order chi connectivity index (χ0) is 18.7. The number of nitrogens with one attached hydrogen (secondary N) is 1. The summed E-state index contributed by atoms with van der Waals surface area (Å²) >= 11 is 0. The molecule has 0 amide bonds. The SMILES string of the molecule is CC.[CH2-]CN([CH2-])c1ccc(C(=CCCC)Nc2ccccc2N)cc1.[CH3-].[Na+]. The molecule has 2 rings (SSSR count). The van der Waals surface area contributed by atoms with E-state index in [-0.39, 0.29) is 37.0 Å². The fourth-order valence-electron chi connectivity index (χ4n) is 2.27. The Morgan fingerprint density at radius 2 is 1.70 bits per heavy atom. The van der Waals surface area contributed by atoms with Crippen LogP contribution >= 0.6 is 0 Å². The molecule has 2 aromatic rings. The van der Waals surface area contributed by atoms with E-state index in [2.05, 4.69) is 56.6 Å². The van der Waals surface area contributed by atoms with Gasteiger partial charge in [-0.2, -0.15) is 0 Å². The van der Waals surface area contributed by atoms with E-state index in [4.69, 9.17) is 5.73 Å². The summed E-state index contributed by atoms with van der Waals surface area (Å²) in [5.41, 5.74) is 11.0. The van der Waals surface area contributed by atoms with Gasteiger partial charge in [0.2, 0.25) is 0 Å². The first-order chi connectivity index (χ1) is 12.2. The van der Waals surface area contributed by atoms with Crippen molar-refractivity contribution in [1.82, 2.24) is 0 Å². The standard InChI is InChI=1S/C20H25N3.C2H6.CH3.Na/c1-4-6-10-19(22-20-11-8-7-9-18(20)21)16-12-14-17(15-13-16)23(3)5-2;1-2;;/h7-15,22H,2-6,21H2,1H3;1-2H3;1H3;/q-2;;-1;+1. The summed E-state index contributed by atoms with van der Waals surface area (Å²) in [4.78, 5) is 1.86. The predicted molar refractivity (Wildman–Crippen MR) is 120 cm³/mol. The molecule has 0 aliphatic rings. The number of para-hydroxylation sites is 2. The van der Waals surface area contributed by atoms with E-state index < -0.39 is 0 Å². The van der Waals surface area contributed by atoms with Crippen molar-refractivity contribution in [2.24, 2.45) is 0 Å². The zero-order valence-corrected chi connectivity index (χ0v) is 19.8. The van der Waals surface area contributed by atoms with E-state index in [1.54, 1.807) is 0 Å². The normalized spacial score (nSPS) is 9.89. The first kappa shape index (κ1) is 27.8. The second-order valence-electron chi connectivity index (χ2n) is 5.43. The molecule has 0 aromatic heterocycles. The summed E-state index contributed by atoms with van der Waals surface area (Å²) in [6, 6.07) is 16.1. The fourth-order valence-corrected chi connectivity index (χ4v) is 2.27. The van der Waals surface area contributed by atoms with Crippen molar-refractivity contribution in [2.45, 2.75) is 33.6 Å². The molecule has 0 spiro atoms.